The van der Waals surface area contributed by atoms with E-state index < -0.39 is 11.7 Å². The lowest BCUT2D eigenvalue weighted by atomic mass is 10.2. The number of aliphatic hydroxyl groups excluding tert-OH is 1. The molecule has 1 aromatic rings. The highest BCUT2D eigenvalue weighted by atomic mass is 16.6. The van der Waals surface area contributed by atoms with Gasteiger partial charge in [0.25, 0.3) is 0 Å². The molecule has 20 heavy (non-hydrogen) atoms. The zero-order chi connectivity index (χ0) is 15.3. The SMILES string of the molecule is CCn1ncc(CN(CCO)C(=O)OC(C)(C)C)c1C. The first-order valence-electron chi connectivity index (χ1n) is 6.88. The minimum absolute atomic E-state index is 0.0970. The molecule has 0 aliphatic carbocycles. The molecular weight excluding hydrogens is 258 g/mol. The summed E-state index contributed by atoms with van der Waals surface area (Å²) in [4.78, 5) is 13.6. The van der Waals surface area contributed by atoms with E-state index in [1.807, 2.05) is 39.3 Å². The quantitative estimate of drug-likeness (QED) is 0.896. The van der Waals surface area contributed by atoms with E-state index in [4.69, 9.17) is 9.84 Å². The Labute approximate surface area is 120 Å². The normalized spacial score (nSPS) is 11.5. The summed E-state index contributed by atoms with van der Waals surface area (Å²) in [7, 11) is 0. The van der Waals surface area contributed by atoms with E-state index in [1.54, 1.807) is 6.20 Å². The molecule has 0 saturated heterocycles. The van der Waals surface area contributed by atoms with Gasteiger partial charge in [-0.1, -0.05) is 0 Å². The summed E-state index contributed by atoms with van der Waals surface area (Å²) < 4.78 is 7.22. The number of rotatable bonds is 5. The summed E-state index contributed by atoms with van der Waals surface area (Å²) in [6.45, 7) is 10.8. The van der Waals surface area contributed by atoms with E-state index in [0.29, 0.717) is 6.54 Å². The molecule has 0 aliphatic heterocycles. The molecule has 0 atom stereocenters. The topological polar surface area (TPSA) is 67.6 Å². The number of ether oxygens (including phenoxy) is 1. The number of carbonyl (C=O) groups is 1. The van der Waals surface area contributed by atoms with Crippen LogP contribution in [0, 0.1) is 6.92 Å². The predicted octanol–water partition coefficient (Wildman–Crippen LogP) is 1.94. The average molecular weight is 283 g/mol. The van der Waals surface area contributed by atoms with Crippen LogP contribution in [0.25, 0.3) is 0 Å². The van der Waals surface area contributed by atoms with Crippen molar-refractivity contribution >= 4 is 6.09 Å². The number of nitrogens with zero attached hydrogens (tertiary/aromatic N) is 3. The van der Waals surface area contributed by atoms with E-state index in [2.05, 4.69) is 5.10 Å². The van der Waals surface area contributed by atoms with Crippen LogP contribution in [0.4, 0.5) is 4.79 Å². The smallest absolute Gasteiger partial charge is 0.410 e. The Kier molecular flexibility index (Phi) is 5.56. The minimum Gasteiger partial charge on any atom is -0.444 e. The Bertz CT molecular complexity index is 449. The fourth-order valence-electron chi connectivity index (χ4n) is 1.85. The molecule has 6 nitrogen and oxygen atoms in total. The number of amides is 1. The number of aliphatic hydroxyl groups is 1. The van der Waals surface area contributed by atoms with Gasteiger partial charge in [0.1, 0.15) is 5.60 Å². The molecule has 1 N–H and O–H groups in total. The van der Waals surface area contributed by atoms with Crippen molar-refractivity contribution in [1.29, 1.82) is 0 Å². The van der Waals surface area contributed by atoms with Crippen LogP contribution >= 0.6 is 0 Å². The molecular formula is C14H25N3O3. The van der Waals surface area contributed by atoms with Crippen molar-refractivity contribution in [2.24, 2.45) is 0 Å². The van der Waals surface area contributed by atoms with Crippen molar-refractivity contribution < 1.29 is 14.6 Å². The van der Waals surface area contributed by atoms with E-state index in [-0.39, 0.29) is 13.2 Å². The van der Waals surface area contributed by atoms with Crippen LogP contribution in [0.2, 0.25) is 0 Å². The Balaban J connectivity index is 2.81. The molecule has 0 aromatic carbocycles. The second kappa shape index (κ2) is 6.74. The fraction of sp³-hybridized carbons (Fsp3) is 0.714. The molecule has 1 aromatic heterocycles. The van der Waals surface area contributed by atoms with Crippen molar-refractivity contribution in [1.82, 2.24) is 14.7 Å². The first-order chi connectivity index (χ1) is 9.28. The number of aryl methyl sites for hydroxylation is 1. The summed E-state index contributed by atoms with van der Waals surface area (Å²) in [5, 5.41) is 13.4. The molecule has 1 rings (SSSR count). The molecule has 0 radical (unpaired) electrons. The van der Waals surface area contributed by atoms with Gasteiger partial charge >= 0.3 is 6.09 Å². The number of aromatic nitrogens is 2. The number of hydrogen-bond acceptors (Lipinski definition) is 4. The lowest BCUT2D eigenvalue weighted by molar-refractivity contribution is 0.0201. The lowest BCUT2D eigenvalue weighted by Crippen LogP contribution is -2.38. The minimum atomic E-state index is -0.548. The molecule has 0 bridgehead atoms. The summed E-state index contributed by atoms with van der Waals surface area (Å²) in [6, 6.07) is 0. The van der Waals surface area contributed by atoms with Gasteiger partial charge in [-0.15, -0.1) is 0 Å². The monoisotopic (exact) mass is 283 g/mol. The maximum Gasteiger partial charge on any atom is 0.410 e. The Morgan fingerprint density at radius 3 is 2.60 bits per heavy atom. The Morgan fingerprint density at radius 1 is 1.50 bits per heavy atom. The standard InChI is InChI=1S/C14H25N3O3/c1-6-17-11(2)12(9-15-17)10-16(7-8-18)13(19)20-14(3,4)5/h9,18H,6-8,10H2,1-5H3. The molecule has 1 amide bonds. The third kappa shape index (κ3) is 4.52. The molecule has 114 valence electrons. The van der Waals surface area contributed by atoms with Gasteiger partial charge in [-0.2, -0.15) is 5.10 Å². The number of hydrogen-bond donors (Lipinski definition) is 1. The third-order valence-corrected chi connectivity index (χ3v) is 2.89. The van der Waals surface area contributed by atoms with Gasteiger partial charge in [0.15, 0.2) is 0 Å². The first-order valence-corrected chi connectivity index (χ1v) is 6.88. The summed E-state index contributed by atoms with van der Waals surface area (Å²) >= 11 is 0. The van der Waals surface area contributed by atoms with Crippen LogP contribution < -0.4 is 0 Å². The largest absolute Gasteiger partial charge is 0.444 e. The second-order valence-electron chi connectivity index (χ2n) is 5.70. The van der Waals surface area contributed by atoms with Crippen LogP contribution in [0.1, 0.15) is 39.0 Å². The molecule has 0 unspecified atom stereocenters. The highest BCUT2D eigenvalue weighted by Crippen LogP contribution is 2.14. The van der Waals surface area contributed by atoms with Crippen LogP contribution in [0.15, 0.2) is 6.20 Å². The van der Waals surface area contributed by atoms with Gasteiger partial charge in [0, 0.05) is 24.3 Å². The van der Waals surface area contributed by atoms with Crippen molar-refractivity contribution in [2.75, 3.05) is 13.2 Å². The van der Waals surface area contributed by atoms with Gasteiger partial charge in [-0.05, 0) is 34.6 Å². The maximum absolute atomic E-state index is 12.1. The molecule has 0 aliphatic rings. The van der Waals surface area contributed by atoms with Crippen LogP contribution in [-0.4, -0.2) is 44.6 Å². The highest BCUT2D eigenvalue weighted by molar-refractivity contribution is 5.68. The van der Waals surface area contributed by atoms with Crippen LogP contribution in [0.5, 0.6) is 0 Å². The third-order valence-electron chi connectivity index (χ3n) is 2.89. The van der Waals surface area contributed by atoms with Gasteiger partial charge in [0.05, 0.1) is 19.3 Å². The van der Waals surface area contributed by atoms with Crippen molar-refractivity contribution in [3.63, 3.8) is 0 Å². The van der Waals surface area contributed by atoms with Crippen molar-refractivity contribution in [2.45, 2.75) is 53.3 Å². The zero-order valence-electron chi connectivity index (χ0n) is 13.0. The second-order valence-corrected chi connectivity index (χ2v) is 5.70. The maximum atomic E-state index is 12.1. The Morgan fingerprint density at radius 2 is 2.15 bits per heavy atom. The van der Waals surface area contributed by atoms with E-state index in [0.717, 1.165) is 17.8 Å². The fourth-order valence-corrected chi connectivity index (χ4v) is 1.85. The molecule has 0 spiro atoms. The number of carbonyl (C=O) groups excluding carboxylic acids is 1. The molecule has 0 fully saturated rings. The Hall–Kier alpha value is -1.56. The zero-order valence-corrected chi connectivity index (χ0v) is 13.0. The molecule has 6 heteroatoms. The highest BCUT2D eigenvalue weighted by Gasteiger charge is 2.23. The molecule has 0 saturated carbocycles. The van der Waals surface area contributed by atoms with Crippen LogP contribution in [-0.2, 0) is 17.8 Å². The predicted molar refractivity (Wildman–Crippen MR) is 76.4 cm³/mol. The summed E-state index contributed by atoms with van der Waals surface area (Å²) in [6.07, 6.45) is 1.34. The van der Waals surface area contributed by atoms with E-state index in [9.17, 15) is 4.79 Å². The van der Waals surface area contributed by atoms with Gasteiger partial charge in [-0.3, -0.25) is 4.68 Å². The van der Waals surface area contributed by atoms with Gasteiger partial charge < -0.3 is 14.7 Å². The summed E-state index contributed by atoms with van der Waals surface area (Å²) in [5.74, 6) is 0. The van der Waals surface area contributed by atoms with Crippen molar-refractivity contribution in [3.05, 3.63) is 17.5 Å². The van der Waals surface area contributed by atoms with Crippen molar-refractivity contribution in [3.8, 4) is 0 Å². The van der Waals surface area contributed by atoms with Crippen LogP contribution in [0.3, 0.4) is 0 Å². The lowest BCUT2D eigenvalue weighted by Gasteiger charge is -2.26. The average Bonchev–Trinajstić information content (AvgIpc) is 2.67. The van der Waals surface area contributed by atoms with E-state index in [1.165, 1.54) is 4.90 Å². The van der Waals surface area contributed by atoms with Gasteiger partial charge in [0.2, 0.25) is 0 Å². The summed E-state index contributed by atoms with van der Waals surface area (Å²) in [5.41, 5.74) is 1.44. The van der Waals surface area contributed by atoms with E-state index >= 15 is 0 Å². The van der Waals surface area contributed by atoms with Gasteiger partial charge in [-0.25, -0.2) is 4.79 Å². The first kappa shape index (κ1) is 16.5. The molecule has 1 heterocycles.